The second kappa shape index (κ2) is 6.49. The van der Waals surface area contributed by atoms with E-state index in [9.17, 15) is 4.79 Å². The van der Waals surface area contributed by atoms with Crippen molar-refractivity contribution in [2.24, 2.45) is 0 Å². The Morgan fingerprint density at radius 2 is 2.00 bits per heavy atom. The maximum atomic E-state index is 11.5. The lowest BCUT2D eigenvalue weighted by Gasteiger charge is -2.21. The number of esters is 1. The fourth-order valence-corrected chi connectivity index (χ4v) is 1.68. The van der Waals surface area contributed by atoms with Gasteiger partial charge in [-0.15, -0.1) is 0 Å². The molecule has 86 valence electrons. The maximum Gasteiger partial charge on any atom is 0.337 e. The molecule has 0 aromatic carbocycles. The Balaban J connectivity index is 2.33. The Morgan fingerprint density at radius 1 is 1.33 bits per heavy atom. The average molecular weight is 212 g/mol. The van der Waals surface area contributed by atoms with Crippen LogP contribution in [0.2, 0.25) is 0 Å². The SMILES string of the molecule is CCO/C=C(\C)C(=O)OC1CCCCC1. The van der Waals surface area contributed by atoms with Gasteiger partial charge in [0.15, 0.2) is 0 Å². The van der Waals surface area contributed by atoms with Crippen molar-refractivity contribution in [3.05, 3.63) is 11.8 Å². The number of carbonyl (C=O) groups excluding carboxylic acids is 1. The van der Waals surface area contributed by atoms with Gasteiger partial charge in [0.2, 0.25) is 0 Å². The van der Waals surface area contributed by atoms with Gasteiger partial charge in [-0.3, -0.25) is 0 Å². The van der Waals surface area contributed by atoms with Crippen LogP contribution in [0.25, 0.3) is 0 Å². The van der Waals surface area contributed by atoms with Crippen molar-refractivity contribution in [1.82, 2.24) is 0 Å². The number of carbonyl (C=O) groups is 1. The lowest BCUT2D eigenvalue weighted by atomic mass is 9.98. The molecule has 15 heavy (non-hydrogen) atoms. The second-order valence-corrected chi connectivity index (χ2v) is 3.92. The highest BCUT2D eigenvalue weighted by Gasteiger charge is 2.18. The number of ether oxygens (including phenoxy) is 2. The van der Waals surface area contributed by atoms with E-state index in [-0.39, 0.29) is 12.1 Å². The molecule has 0 radical (unpaired) electrons. The van der Waals surface area contributed by atoms with Crippen LogP contribution in [0, 0.1) is 0 Å². The molecule has 0 spiro atoms. The Morgan fingerprint density at radius 3 is 2.60 bits per heavy atom. The fraction of sp³-hybridized carbons (Fsp3) is 0.750. The van der Waals surface area contributed by atoms with Crippen LogP contribution in [-0.4, -0.2) is 18.7 Å². The van der Waals surface area contributed by atoms with E-state index in [0.717, 1.165) is 12.8 Å². The van der Waals surface area contributed by atoms with Crippen LogP contribution < -0.4 is 0 Å². The summed E-state index contributed by atoms with van der Waals surface area (Å²) in [5, 5.41) is 0. The van der Waals surface area contributed by atoms with Crippen LogP contribution in [0.3, 0.4) is 0 Å². The summed E-state index contributed by atoms with van der Waals surface area (Å²) in [5.41, 5.74) is 0.544. The molecule has 1 fully saturated rings. The monoisotopic (exact) mass is 212 g/mol. The van der Waals surface area contributed by atoms with Crippen LogP contribution in [0.15, 0.2) is 11.8 Å². The highest BCUT2D eigenvalue weighted by atomic mass is 16.5. The highest BCUT2D eigenvalue weighted by molar-refractivity contribution is 5.87. The van der Waals surface area contributed by atoms with Gasteiger partial charge in [0.25, 0.3) is 0 Å². The zero-order chi connectivity index (χ0) is 11.1. The third-order valence-electron chi connectivity index (χ3n) is 2.57. The minimum absolute atomic E-state index is 0.122. The molecule has 0 aliphatic heterocycles. The van der Waals surface area contributed by atoms with Gasteiger partial charge >= 0.3 is 5.97 Å². The van der Waals surface area contributed by atoms with Gasteiger partial charge in [-0.05, 0) is 39.5 Å². The molecule has 0 N–H and O–H groups in total. The molecule has 3 nitrogen and oxygen atoms in total. The van der Waals surface area contributed by atoms with Crippen molar-refractivity contribution in [3.63, 3.8) is 0 Å². The van der Waals surface area contributed by atoms with Crippen molar-refractivity contribution in [3.8, 4) is 0 Å². The fourth-order valence-electron chi connectivity index (χ4n) is 1.68. The summed E-state index contributed by atoms with van der Waals surface area (Å²) in [6, 6.07) is 0. The number of hydrogen-bond donors (Lipinski definition) is 0. The van der Waals surface area contributed by atoms with Crippen LogP contribution >= 0.6 is 0 Å². The normalized spacial score (nSPS) is 18.7. The molecule has 0 saturated heterocycles. The first kappa shape index (κ1) is 12.1. The maximum absolute atomic E-state index is 11.5. The summed E-state index contributed by atoms with van der Waals surface area (Å²) in [7, 11) is 0. The molecular weight excluding hydrogens is 192 g/mol. The summed E-state index contributed by atoms with van der Waals surface area (Å²) >= 11 is 0. The van der Waals surface area contributed by atoms with E-state index in [4.69, 9.17) is 9.47 Å². The van der Waals surface area contributed by atoms with E-state index >= 15 is 0 Å². The summed E-state index contributed by atoms with van der Waals surface area (Å²) < 4.78 is 10.4. The average Bonchev–Trinajstić information content (AvgIpc) is 2.27. The van der Waals surface area contributed by atoms with Gasteiger partial charge in [-0.2, -0.15) is 0 Å². The Kier molecular flexibility index (Phi) is 5.22. The molecule has 1 rings (SSSR count). The molecule has 0 unspecified atom stereocenters. The summed E-state index contributed by atoms with van der Waals surface area (Å²) in [6.45, 7) is 4.19. The topological polar surface area (TPSA) is 35.5 Å². The van der Waals surface area contributed by atoms with Gasteiger partial charge in [-0.25, -0.2) is 4.79 Å². The third kappa shape index (κ3) is 4.36. The minimum Gasteiger partial charge on any atom is -0.501 e. The van der Waals surface area contributed by atoms with Crippen LogP contribution in [0.4, 0.5) is 0 Å². The van der Waals surface area contributed by atoms with Crippen LogP contribution in [0.5, 0.6) is 0 Å². The molecule has 1 aliphatic rings. The zero-order valence-electron chi connectivity index (χ0n) is 9.62. The van der Waals surface area contributed by atoms with E-state index in [0.29, 0.717) is 12.2 Å². The van der Waals surface area contributed by atoms with Gasteiger partial charge in [0.1, 0.15) is 6.10 Å². The first-order valence-corrected chi connectivity index (χ1v) is 5.73. The predicted molar refractivity (Wildman–Crippen MR) is 58.3 cm³/mol. The van der Waals surface area contributed by atoms with E-state index in [1.54, 1.807) is 6.92 Å². The number of rotatable bonds is 4. The summed E-state index contributed by atoms with van der Waals surface area (Å²) in [4.78, 5) is 11.5. The second-order valence-electron chi connectivity index (χ2n) is 3.92. The standard InChI is InChI=1S/C12H20O3/c1-3-14-9-10(2)12(13)15-11-7-5-4-6-8-11/h9,11H,3-8H2,1-2H3/b10-9+. The third-order valence-corrected chi connectivity index (χ3v) is 2.57. The van der Waals surface area contributed by atoms with Gasteiger partial charge in [0.05, 0.1) is 18.4 Å². The molecule has 0 heterocycles. The molecule has 0 atom stereocenters. The highest BCUT2D eigenvalue weighted by Crippen LogP contribution is 2.21. The molecule has 1 saturated carbocycles. The minimum atomic E-state index is -0.240. The first-order valence-electron chi connectivity index (χ1n) is 5.73. The van der Waals surface area contributed by atoms with E-state index in [1.807, 2.05) is 6.92 Å². The van der Waals surface area contributed by atoms with Crippen molar-refractivity contribution in [1.29, 1.82) is 0 Å². The molecule has 3 heteroatoms. The molecule has 1 aliphatic carbocycles. The molecule has 0 amide bonds. The summed E-state index contributed by atoms with van der Waals surface area (Å²) in [6.07, 6.45) is 7.23. The van der Waals surface area contributed by atoms with Crippen molar-refractivity contribution < 1.29 is 14.3 Å². The van der Waals surface area contributed by atoms with E-state index in [2.05, 4.69) is 0 Å². The molecule has 0 aromatic heterocycles. The molecular formula is C12H20O3. The first-order chi connectivity index (χ1) is 7.24. The number of hydrogen-bond acceptors (Lipinski definition) is 3. The summed E-state index contributed by atoms with van der Waals surface area (Å²) in [5.74, 6) is -0.240. The lowest BCUT2D eigenvalue weighted by molar-refractivity contribution is -0.145. The Labute approximate surface area is 91.4 Å². The van der Waals surface area contributed by atoms with Crippen LogP contribution in [0.1, 0.15) is 46.0 Å². The van der Waals surface area contributed by atoms with Gasteiger partial charge in [0, 0.05) is 0 Å². The lowest BCUT2D eigenvalue weighted by Crippen LogP contribution is -2.21. The van der Waals surface area contributed by atoms with Crippen LogP contribution in [-0.2, 0) is 14.3 Å². The van der Waals surface area contributed by atoms with Crippen molar-refractivity contribution in [2.45, 2.75) is 52.1 Å². The van der Waals surface area contributed by atoms with Gasteiger partial charge < -0.3 is 9.47 Å². The predicted octanol–water partition coefficient (Wildman–Crippen LogP) is 2.80. The van der Waals surface area contributed by atoms with E-state index in [1.165, 1.54) is 25.5 Å². The zero-order valence-corrected chi connectivity index (χ0v) is 9.62. The van der Waals surface area contributed by atoms with E-state index < -0.39 is 0 Å². The Bertz CT molecular complexity index is 227. The smallest absolute Gasteiger partial charge is 0.337 e. The van der Waals surface area contributed by atoms with Crippen molar-refractivity contribution in [2.75, 3.05) is 6.61 Å². The largest absolute Gasteiger partial charge is 0.501 e. The Hall–Kier alpha value is -0.990. The molecule has 0 bridgehead atoms. The van der Waals surface area contributed by atoms with Gasteiger partial charge in [-0.1, -0.05) is 6.42 Å². The van der Waals surface area contributed by atoms with Crippen molar-refractivity contribution >= 4 is 5.97 Å². The quantitative estimate of drug-likeness (QED) is 0.408. The molecule has 0 aromatic rings.